The second-order valence-corrected chi connectivity index (χ2v) is 12.4. The van der Waals surface area contributed by atoms with Gasteiger partial charge in [0.1, 0.15) is 12.1 Å². The monoisotopic (exact) mass is 528 g/mol. The van der Waals surface area contributed by atoms with E-state index in [1.165, 1.54) is 128 Å². The summed E-state index contributed by atoms with van der Waals surface area (Å²) in [6, 6.07) is 8.80. The van der Waals surface area contributed by atoms with Gasteiger partial charge in [0, 0.05) is 9.79 Å². The van der Waals surface area contributed by atoms with Gasteiger partial charge in [-0.1, -0.05) is 129 Å². The molecular weight excluding hydrogens is 477 g/mol. The Morgan fingerprint density at radius 1 is 0.472 bits per heavy atom. The van der Waals surface area contributed by atoms with Crippen LogP contribution >= 0.6 is 23.5 Å². The smallest absolute Gasteiger partial charge is 0.102 e. The molecule has 0 spiro atoms. The minimum absolute atomic E-state index is 0.586. The Labute approximate surface area is 232 Å². The van der Waals surface area contributed by atoms with Crippen molar-refractivity contribution < 1.29 is 0 Å². The fraction of sp³-hybridized carbons (Fsp3) is 0.750. The molecule has 0 aliphatic heterocycles. The summed E-state index contributed by atoms with van der Waals surface area (Å²) in [4.78, 5) is 1.96. The maximum atomic E-state index is 9.77. The lowest BCUT2D eigenvalue weighted by Gasteiger charge is -2.10. The zero-order valence-electron chi connectivity index (χ0n) is 23.4. The highest BCUT2D eigenvalue weighted by molar-refractivity contribution is 7.99. The van der Waals surface area contributed by atoms with Gasteiger partial charge in [-0.05, 0) is 36.5 Å². The van der Waals surface area contributed by atoms with E-state index in [1.807, 2.05) is 0 Å². The molecule has 0 saturated heterocycles. The van der Waals surface area contributed by atoms with E-state index < -0.39 is 0 Å². The largest absolute Gasteiger partial charge is 0.192 e. The molecule has 202 valence electrons. The predicted octanol–water partition coefficient (Wildman–Crippen LogP) is 11.5. The number of nitrogens with zero attached hydrogens (tertiary/aromatic N) is 2. The lowest BCUT2D eigenvalue weighted by molar-refractivity contribution is 0.563. The van der Waals surface area contributed by atoms with E-state index in [1.54, 1.807) is 23.5 Å². The van der Waals surface area contributed by atoms with Gasteiger partial charge >= 0.3 is 0 Å². The number of thioether (sulfide) groups is 2. The fourth-order valence-corrected chi connectivity index (χ4v) is 6.62. The van der Waals surface area contributed by atoms with Crippen LogP contribution in [0.15, 0.2) is 21.9 Å². The van der Waals surface area contributed by atoms with Gasteiger partial charge in [-0.3, -0.25) is 0 Å². The molecule has 0 fully saturated rings. The molecule has 0 amide bonds. The molecule has 0 N–H and O–H groups in total. The number of hydrogen-bond donors (Lipinski definition) is 0. The van der Waals surface area contributed by atoms with Crippen molar-refractivity contribution in [2.24, 2.45) is 0 Å². The number of nitriles is 2. The quantitative estimate of drug-likeness (QED) is 0.0988. The first-order chi connectivity index (χ1) is 17.8. The summed E-state index contributed by atoms with van der Waals surface area (Å²) in [5.74, 6) is 2.06. The molecule has 0 aliphatic rings. The number of unbranched alkanes of at least 4 members (excludes halogenated alkanes) is 18. The number of hydrogen-bond acceptors (Lipinski definition) is 4. The van der Waals surface area contributed by atoms with E-state index in [9.17, 15) is 10.5 Å². The van der Waals surface area contributed by atoms with Crippen molar-refractivity contribution in [3.63, 3.8) is 0 Å². The summed E-state index contributed by atoms with van der Waals surface area (Å²) >= 11 is 3.50. The lowest BCUT2D eigenvalue weighted by atomic mass is 10.1. The zero-order valence-corrected chi connectivity index (χ0v) is 25.1. The Hall–Kier alpha value is -1.10. The first-order valence-corrected chi connectivity index (χ1v) is 17.0. The van der Waals surface area contributed by atoms with Crippen molar-refractivity contribution in [2.75, 3.05) is 11.5 Å². The summed E-state index contributed by atoms with van der Waals surface area (Å²) < 4.78 is 0. The molecule has 1 aromatic rings. The van der Waals surface area contributed by atoms with Crippen LogP contribution in [0.3, 0.4) is 0 Å². The molecule has 1 aromatic carbocycles. The minimum atomic E-state index is 0.586. The summed E-state index contributed by atoms with van der Waals surface area (Å²) in [7, 11) is 0. The molecule has 1 rings (SSSR count). The minimum Gasteiger partial charge on any atom is -0.192 e. The highest BCUT2D eigenvalue weighted by Crippen LogP contribution is 2.33. The van der Waals surface area contributed by atoms with Crippen LogP contribution in [0.4, 0.5) is 0 Å². The van der Waals surface area contributed by atoms with Crippen LogP contribution < -0.4 is 0 Å². The van der Waals surface area contributed by atoms with Gasteiger partial charge in [-0.2, -0.15) is 10.5 Å². The van der Waals surface area contributed by atoms with Crippen molar-refractivity contribution in [1.29, 1.82) is 10.5 Å². The van der Waals surface area contributed by atoms with Crippen LogP contribution in [0.2, 0.25) is 0 Å². The van der Waals surface area contributed by atoms with Gasteiger partial charge < -0.3 is 0 Å². The van der Waals surface area contributed by atoms with Crippen molar-refractivity contribution >= 4 is 23.5 Å². The first-order valence-electron chi connectivity index (χ1n) is 15.0. The van der Waals surface area contributed by atoms with Gasteiger partial charge in [-0.25, -0.2) is 0 Å². The first kappa shape index (κ1) is 32.9. The fourth-order valence-electron chi connectivity index (χ4n) is 4.57. The molecule has 0 unspecified atom stereocenters. The standard InChI is InChI=1S/C32H52N2S2/c1-3-5-7-9-11-13-15-17-19-21-25-35-31-23-24-32(30(28-34)29(31)27-33)36-26-22-20-18-16-14-12-10-8-6-4-2/h23-24H,3-22,25-26H2,1-2H3. The molecule has 0 atom stereocenters. The number of benzene rings is 1. The second kappa shape index (κ2) is 24.2. The Bertz CT molecular complexity index is 685. The van der Waals surface area contributed by atoms with E-state index in [-0.39, 0.29) is 0 Å². The molecule has 0 radical (unpaired) electrons. The van der Waals surface area contributed by atoms with Gasteiger partial charge in [0.15, 0.2) is 0 Å². The second-order valence-electron chi connectivity index (χ2n) is 10.1. The highest BCUT2D eigenvalue weighted by Gasteiger charge is 2.14. The Morgan fingerprint density at radius 3 is 1.03 bits per heavy atom. The van der Waals surface area contributed by atoms with Crippen LogP contribution in [0, 0.1) is 22.7 Å². The zero-order chi connectivity index (χ0) is 26.1. The van der Waals surface area contributed by atoms with Crippen LogP contribution in [0.25, 0.3) is 0 Å². The van der Waals surface area contributed by atoms with Gasteiger partial charge in [0.2, 0.25) is 0 Å². The normalized spacial score (nSPS) is 10.9. The molecule has 0 aliphatic carbocycles. The molecule has 0 heterocycles. The third-order valence-electron chi connectivity index (χ3n) is 6.86. The predicted molar refractivity (Wildman–Crippen MR) is 161 cm³/mol. The average molecular weight is 529 g/mol. The van der Waals surface area contributed by atoms with E-state index >= 15 is 0 Å². The summed E-state index contributed by atoms with van der Waals surface area (Å²) in [5, 5.41) is 19.5. The van der Waals surface area contributed by atoms with E-state index in [0.717, 1.165) is 21.3 Å². The lowest BCUT2D eigenvalue weighted by Crippen LogP contribution is -1.94. The Balaban J connectivity index is 2.25. The van der Waals surface area contributed by atoms with Crippen molar-refractivity contribution in [2.45, 2.75) is 152 Å². The van der Waals surface area contributed by atoms with E-state index in [2.05, 4.69) is 38.1 Å². The van der Waals surface area contributed by atoms with Crippen molar-refractivity contribution in [1.82, 2.24) is 0 Å². The Morgan fingerprint density at radius 2 is 0.750 bits per heavy atom. The van der Waals surface area contributed by atoms with Gasteiger partial charge in [0.05, 0.1) is 11.1 Å². The maximum Gasteiger partial charge on any atom is 0.102 e. The topological polar surface area (TPSA) is 47.6 Å². The maximum absolute atomic E-state index is 9.77. The van der Waals surface area contributed by atoms with Crippen LogP contribution in [0.5, 0.6) is 0 Å². The molecular formula is C32H52N2S2. The van der Waals surface area contributed by atoms with Crippen molar-refractivity contribution in [3.8, 4) is 12.1 Å². The molecule has 0 bridgehead atoms. The molecule has 2 nitrogen and oxygen atoms in total. The third-order valence-corrected chi connectivity index (χ3v) is 9.15. The van der Waals surface area contributed by atoms with Crippen LogP contribution in [-0.2, 0) is 0 Å². The summed E-state index contributed by atoms with van der Waals surface area (Å²) in [6.45, 7) is 4.54. The molecule has 4 heteroatoms. The SMILES string of the molecule is CCCCCCCCCCCCSc1ccc(SCCCCCCCCCCCC)c(C#N)c1C#N. The van der Waals surface area contributed by atoms with Gasteiger partial charge in [0.25, 0.3) is 0 Å². The molecule has 0 saturated carbocycles. The molecule has 36 heavy (non-hydrogen) atoms. The van der Waals surface area contributed by atoms with Crippen molar-refractivity contribution in [3.05, 3.63) is 23.3 Å². The average Bonchev–Trinajstić information content (AvgIpc) is 2.90. The Kier molecular flexibility index (Phi) is 22.2. The molecule has 0 aromatic heterocycles. The van der Waals surface area contributed by atoms with Crippen LogP contribution in [0.1, 0.15) is 153 Å². The number of rotatable bonds is 24. The third kappa shape index (κ3) is 15.9. The van der Waals surface area contributed by atoms with E-state index in [4.69, 9.17) is 0 Å². The highest BCUT2D eigenvalue weighted by atomic mass is 32.2. The summed E-state index contributed by atoms with van der Waals surface area (Å²) in [5.41, 5.74) is 1.17. The summed E-state index contributed by atoms with van der Waals surface area (Å²) in [6.07, 6.45) is 26.8. The van der Waals surface area contributed by atoms with Gasteiger partial charge in [-0.15, -0.1) is 23.5 Å². The van der Waals surface area contributed by atoms with E-state index in [0.29, 0.717) is 11.1 Å². The van der Waals surface area contributed by atoms with Crippen LogP contribution in [-0.4, -0.2) is 11.5 Å².